The van der Waals surface area contributed by atoms with Crippen LogP contribution in [0.1, 0.15) is 46.5 Å². The van der Waals surface area contributed by atoms with Crippen LogP contribution in [0.2, 0.25) is 0 Å². The zero-order valence-electron chi connectivity index (χ0n) is 11.6. The fraction of sp³-hybridized carbons (Fsp3) is 0.929. The van der Waals surface area contributed by atoms with Crippen molar-refractivity contribution in [2.24, 2.45) is 17.8 Å². The second-order valence-electron chi connectivity index (χ2n) is 5.40. The summed E-state index contributed by atoms with van der Waals surface area (Å²) < 4.78 is 0. The lowest BCUT2D eigenvalue weighted by molar-refractivity contribution is -0.125. The first-order valence-corrected chi connectivity index (χ1v) is 7.17. The van der Waals surface area contributed by atoms with Crippen LogP contribution in [0.25, 0.3) is 0 Å². The maximum atomic E-state index is 12.0. The van der Waals surface area contributed by atoms with Crippen LogP contribution in [0.5, 0.6) is 0 Å². The van der Waals surface area contributed by atoms with Crippen molar-refractivity contribution in [3.63, 3.8) is 0 Å². The molecular formula is C14H28N2O. The Morgan fingerprint density at radius 1 is 1.41 bits per heavy atom. The molecule has 0 saturated carbocycles. The molecule has 3 nitrogen and oxygen atoms in total. The number of unbranched alkanes of at least 4 members (excludes halogenated alkanes) is 1. The minimum Gasteiger partial charge on any atom is -0.356 e. The number of nitrogens with one attached hydrogen (secondary N) is 2. The van der Waals surface area contributed by atoms with Gasteiger partial charge in [0.2, 0.25) is 5.91 Å². The van der Waals surface area contributed by atoms with Gasteiger partial charge in [0.05, 0.1) is 5.92 Å². The van der Waals surface area contributed by atoms with Gasteiger partial charge < -0.3 is 10.6 Å². The molecule has 0 radical (unpaired) electrons. The zero-order chi connectivity index (χ0) is 12.7. The van der Waals surface area contributed by atoms with E-state index in [1.807, 2.05) is 0 Å². The first-order valence-electron chi connectivity index (χ1n) is 7.17. The SMILES string of the molecule is CCCCC(CC)CNC(=O)[C@@H]1CNC[C@H]1C. The lowest BCUT2D eigenvalue weighted by Crippen LogP contribution is -2.37. The maximum Gasteiger partial charge on any atom is 0.224 e. The second-order valence-corrected chi connectivity index (χ2v) is 5.40. The van der Waals surface area contributed by atoms with Crippen molar-refractivity contribution in [2.45, 2.75) is 46.5 Å². The van der Waals surface area contributed by atoms with Crippen LogP contribution in [-0.4, -0.2) is 25.5 Å². The molecule has 1 rings (SSSR count). The normalized spacial score (nSPS) is 25.8. The van der Waals surface area contributed by atoms with Gasteiger partial charge in [0.15, 0.2) is 0 Å². The number of carbonyl (C=O) groups is 1. The van der Waals surface area contributed by atoms with E-state index in [1.54, 1.807) is 0 Å². The molecule has 1 fully saturated rings. The van der Waals surface area contributed by atoms with Crippen molar-refractivity contribution in [2.75, 3.05) is 19.6 Å². The molecule has 1 aliphatic heterocycles. The van der Waals surface area contributed by atoms with Crippen molar-refractivity contribution >= 4 is 5.91 Å². The summed E-state index contributed by atoms with van der Waals surface area (Å²) >= 11 is 0. The van der Waals surface area contributed by atoms with E-state index >= 15 is 0 Å². The Labute approximate surface area is 106 Å². The van der Waals surface area contributed by atoms with Gasteiger partial charge in [0.25, 0.3) is 0 Å². The van der Waals surface area contributed by atoms with Gasteiger partial charge in [-0.25, -0.2) is 0 Å². The summed E-state index contributed by atoms with van der Waals surface area (Å²) in [6, 6.07) is 0. The topological polar surface area (TPSA) is 41.1 Å². The van der Waals surface area contributed by atoms with Crippen LogP contribution in [0.15, 0.2) is 0 Å². The van der Waals surface area contributed by atoms with Crippen molar-refractivity contribution < 1.29 is 4.79 Å². The molecule has 3 atom stereocenters. The van der Waals surface area contributed by atoms with Crippen molar-refractivity contribution in [1.82, 2.24) is 10.6 Å². The summed E-state index contributed by atoms with van der Waals surface area (Å²) in [5.74, 6) is 1.56. The largest absolute Gasteiger partial charge is 0.356 e. The van der Waals surface area contributed by atoms with E-state index in [0.717, 1.165) is 19.6 Å². The summed E-state index contributed by atoms with van der Waals surface area (Å²) in [6.07, 6.45) is 4.92. The van der Waals surface area contributed by atoms with Crippen LogP contribution < -0.4 is 10.6 Å². The quantitative estimate of drug-likeness (QED) is 0.716. The van der Waals surface area contributed by atoms with Crippen LogP contribution >= 0.6 is 0 Å². The van der Waals surface area contributed by atoms with Gasteiger partial charge in [-0.2, -0.15) is 0 Å². The first-order chi connectivity index (χ1) is 8.19. The Morgan fingerprint density at radius 3 is 2.71 bits per heavy atom. The predicted molar refractivity (Wildman–Crippen MR) is 71.8 cm³/mol. The monoisotopic (exact) mass is 240 g/mol. The molecule has 1 aliphatic rings. The minimum atomic E-state index is 0.179. The van der Waals surface area contributed by atoms with E-state index in [4.69, 9.17) is 0 Å². The van der Waals surface area contributed by atoms with E-state index in [1.165, 1.54) is 25.7 Å². The summed E-state index contributed by atoms with van der Waals surface area (Å²) in [5.41, 5.74) is 0. The van der Waals surface area contributed by atoms with E-state index in [-0.39, 0.29) is 11.8 Å². The third kappa shape index (κ3) is 4.66. The van der Waals surface area contributed by atoms with Gasteiger partial charge in [0, 0.05) is 13.1 Å². The van der Waals surface area contributed by atoms with Gasteiger partial charge in [-0.3, -0.25) is 4.79 Å². The Kier molecular flexibility index (Phi) is 6.56. The van der Waals surface area contributed by atoms with Crippen LogP contribution in [0.4, 0.5) is 0 Å². The molecule has 0 aromatic heterocycles. The van der Waals surface area contributed by atoms with Crippen LogP contribution in [0.3, 0.4) is 0 Å². The van der Waals surface area contributed by atoms with Crippen LogP contribution in [-0.2, 0) is 4.79 Å². The highest BCUT2D eigenvalue weighted by Gasteiger charge is 2.29. The van der Waals surface area contributed by atoms with Gasteiger partial charge in [0.1, 0.15) is 0 Å². The molecule has 100 valence electrons. The van der Waals surface area contributed by atoms with E-state index in [2.05, 4.69) is 31.4 Å². The molecule has 0 spiro atoms. The smallest absolute Gasteiger partial charge is 0.224 e. The lowest BCUT2D eigenvalue weighted by atomic mass is 9.96. The molecule has 3 heteroatoms. The third-order valence-corrected chi connectivity index (χ3v) is 3.96. The predicted octanol–water partition coefficient (Wildman–Crippen LogP) is 2.17. The Bertz CT molecular complexity index is 230. The fourth-order valence-corrected chi connectivity index (χ4v) is 2.48. The number of amides is 1. The molecule has 1 unspecified atom stereocenters. The molecule has 0 bridgehead atoms. The molecule has 0 aromatic rings. The highest BCUT2D eigenvalue weighted by Crippen LogP contribution is 2.16. The van der Waals surface area contributed by atoms with Gasteiger partial charge in [-0.05, 0) is 24.8 Å². The number of hydrogen-bond acceptors (Lipinski definition) is 2. The van der Waals surface area contributed by atoms with E-state index in [9.17, 15) is 4.79 Å². The highest BCUT2D eigenvalue weighted by atomic mass is 16.1. The Morgan fingerprint density at radius 2 is 2.18 bits per heavy atom. The second kappa shape index (κ2) is 7.70. The Balaban J connectivity index is 2.25. The average Bonchev–Trinajstić information content (AvgIpc) is 2.75. The van der Waals surface area contributed by atoms with Gasteiger partial charge >= 0.3 is 0 Å². The maximum absolute atomic E-state index is 12.0. The van der Waals surface area contributed by atoms with E-state index in [0.29, 0.717) is 11.8 Å². The molecule has 1 heterocycles. The molecule has 0 aliphatic carbocycles. The van der Waals surface area contributed by atoms with Crippen LogP contribution in [0, 0.1) is 17.8 Å². The molecule has 2 N–H and O–H groups in total. The summed E-state index contributed by atoms with van der Waals surface area (Å²) in [6.45, 7) is 9.27. The summed E-state index contributed by atoms with van der Waals surface area (Å²) in [5, 5.41) is 6.41. The summed E-state index contributed by atoms with van der Waals surface area (Å²) in [4.78, 5) is 12.0. The highest BCUT2D eigenvalue weighted by molar-refractivity contribution is 5.79. The zero-order valence-corrected chi connectivity index (χ0v) is 11.6. The first kappa shape index (κ1) is 14.5. The van der Waals surface area contributed by atoms with Gasteiger partial charge in [-0.15, -0.1) is 0 Å². The third-order valence-electron chi connectivity index (χ3n) is 3.96. The molecular weight excluding hydrogens is 212 g/mol. The summed E-state index contributed by atoms with van der Waals surface area (Å²) in [7, 11) is 0. The minimum absolute atomic E-state index is 0.179. The Hall–Kier alpha value is -0.570. The lowest BCUT2D eigenvalue weighted by Gasteiger charge is -2.18. The van der Waals surface area contributed by atoms with Gasteiger partial charge in [-0.1, -0.05) is 40.0 Å². The molecule has 0 aromatic carbocycles. The number of rotatable bonds is 7. The molecule has 1 amide bonds. The number of carbonyl (C=O) groups excluding carboxylic acids is 1. The van der Waals surface area contributed by atoms with E-state index < -0.39 is 0 Å². The standard InChI is InChI=1S/C14H28N2O/c1-4-6-7-12(5-2)9-16-14(17)13-10-15-8-11(13)3/h11-13,15H,4-10H2,1-3H3,(H,16,17)/t11-,12?,13-/m1/s1. The molecule has 17 heavy (non-hydrogen) atoms. The van der Waals surface area contributed by atoms with Crippen molar-refractivity contribution in [3.8, 4) is 0 Å². The fourth-order valence-electron chi connectivity index (χ4n) is 2.48. The van der Waals surface area contributed by atoms with Crippen molar-refractivity contribution in [1.29, 1.82) is 0 Å². The van der Waals surface area contributed by atoms with Crippen molar-refractivity contribution in [3.05, 3.63) is 0 Å². The number of hydrogen-bond donors (Lipinski definition) is 2. The average molecular weight is 240 g/mol. The molecule has 1 saturated heterocycles.